The van der Waals surface area contributed by atoms with E-state index in [4.69, 9.17) is 8.85 Å². The minimum atomic E-state index is -1.46. The first kappa shape index (κ1) is 34.1. The van der Waals surface area contributed by atoms with Crippen LogP contribution in [0.5, 0.6) is 0 Å². The number of esters is 1. The van der Waals surface area contributed by atoms with Crippen LogP contribution in [0.4, 0.5) is 11.4 Å². The Morgan fingerprint density at radius 2 is 1.25 bits per heavy atom. The molecule has 40 heavy (non-hydrogen) atoms. The third-order valence-electron chi connectivity index (χ3n) is 7.09. The normalized spacial score (nSPS) is 13.1. The van der Waals surface area contributed by atoms with Crippen LogP contribution in [0, 0.1) is 5.92 Å². The molecule has 0 saturated carbocycles. The topological polar surface area (TPSA) is 60.2 Å². The molecule has 0 fully saturated rings. The molecule has 0 radical (unpaired) electrons. The van der Waals surface area contributed by atoms with Crippen molar-refractivity contribution in [1.82, 2.24) is 0 Å². The molecule has 0 aliphatic carbocycles. The summed E-state index contributed by atoms with van der Waals surface area (Å²) < 4.78 is 11.8. The van der Waals surface area contributed by atoms with Crippen LogP contribution in [0.25, 0.3) is 0 Å². The highest BCUT2D eigenvalue weighted by molar-refractivity contribution is 6.84. The van der Waals surface area contributed by atoms with Crippen molar-refractivity contribution in [3.8, 4) is 0 Å². The monoisotopic (exact) mass is 582 g/mol. The average molecular weight is 583 g/mol. The molecule has 0 spiro atoms. The zero-order chi connectivity index (χ0) is 29.4. The quantitative estimate of drug-likeness (QED) is 0.0716. The standard InChI is InChI=1S/C33H54N2O3Si2/c1-8-28(2)27-37-33(36)30-20-24-32(25-21-30)35-34-31-22-18-29(19-23-31)17-15-13-11-9-10-12-14-16-26-40(6,7)38-39(3,4)5/h18-25,28H,8-17,26-27H2,1-7H3/t28-/m0/s1. The summed E-state index contributed by atoms with van der Waals surface area (Å²) in [7, 11) is -2.86. The molecule has 1 atom stereocenters. The second kappa shape index (κ2) is 17.7. The van der Waals surface area contributed by atoms with Gasteiger partial charge in [0.05, 0.1) is 23.5 Å². The van der Waals surface area contributed by atoms with Gasteiger partial charge in [0.2, 0.25) is 0 Å². The van der Waals surface area contributed by atoms with Crippen LogP contribution in [0.15, 0.2) is 58.8 Å². The molecule has 0 amide bonds. The van der Waals surface area contributed by atoms with Crippen molar-refractivity contribution in [3.63, 3.8) is 0 Å². The summed E-state index contributed by atoms with van der Waals surface area (Å²) in [6, 6.07) is 16.7. The van der Waals surface area contributed by atoms with Crippen molar-refractivity contribution < 1.29 is 13.6 Å². The largest absolute Gasteiger partial charge is 0.462 e. The molecule has 7 heteroatoms. The highest BCUT2D eigenvalue weighted by Gasteiger charge is 2.28. The molecule has 2 aromatic carbocycles. The summed E-state index contributed by atoms with van der Waals surface area (Å²) in [5.41, 5.74) is 3.44. The lowest BCUT2D eigenvalue weighted by Crippen LogP contribution is -2.42. The highest BCUT2D eigenvalue weighted by Crippen LogP contribution is 2.23. The number of aryl methyl sites for hydroxylation is 1. The summed E-state index contributed by atoms with van der Waals surface area (Å²) >= 11 is 0. The van der Waals surface area contributed by atoms with Gasteiger partial charge in [0, 0.05) is 0 Å². The van der Waals surface area contributed by atoms with Crippen LogP contribution in [0.1, 0.15) is 87.6 Å². The number of rotatable bonds is 19. The van der Waals surface area contributed by atoms with E-state index in [-0.39, 0.29) is 5.97 Å². The van der Waals surface area contributed by atoms with Crippen molar-refractivity contribution in [2.24, 2.45) is 16.1 Å². The van der Waals surface area contributed by atoms with Gasteiger partial charge in [-0.05, 0) is 99.5 Å². The van der Waals surface area contributed by atoms with E-state index in [0.717, 1.165) is 18.5 Å². The first-order chi connectivity index (χ1) is 19.0. The van der Waals surface area contributed by atoms with E-state index in [1.165, 1.54) is 63.0 Å². The van der Waals surface area contributed by atoms with Crippen LogP contribution in [-0.2, 0) is 15.3 Å². The van der Waals surface area contributed by atoms with E-state index in [0.29, 0.717) is 23.8 Å². The second-order valence-electron chi connectivity index (χ2n) is 12.8. The number of carbonyl (C=O) groups is 1. The smallest absolute Gasteiger partial charge is 0.338 e. The first-order valence-corrected chi connectivity index (χ1v) is 22.0. The Hall–Kier alpha value is -2.10. The molecule has 0 N–H and O–H groups in total. The first-order valence-electron chi connectivity index (χ1n) is 15.5. The van der Waals surface area contributed by atoms with E-state index < -0.39 is 16.6 Å². The molecule has 222 valence electrons. The van der Waals surface area contributed by atoms with Crippen molar-refractivity contribution in [3.05, 3.63) is 59.7 Å². The zero-order valence-electron chi connectivity index (χ0n) is 26.3. The van der Waals surface area contributed by atoms with Crippen LogP contribution >= 0.6 is 0 Å². The van der Waals surface area contributed by atoms with E-state index >= 15 is 0 Å². The van der Waals surface area contributed by atoms with Gasteiger partial charge >= 0.3 is 5.97 Å². The summed E-state index contributed by atoms with van der Waals surface area (Å²) in [4.78, 5) is 12.1. The second-order valence-corrected chi connectivity index (χ2v) is 21.9. The van der Waals surface area contributed by atoms with Crippen LogP contribution in [0.2, 0.25) is 38.8 Å². The minimum Gasteiger partial charge on any atom is -0.462 e. The molecule has 0 aromatic heterocycles. The number of nitrogens with zero attached hydrogens (tertiary/aromatic N) is 2. The van der Waals surface area contributed by atoms with Crippen LogP contribution < -0.4 is 0 Å². The van der Waals surface area contributed by atoms with Gasteiger partial charge in [-0.3, -0.25) is 0 Å². The maximum absolute atomic E-state index is 12.1. The summed E-state index contributed by atoms with van der Waals surface area (Å²) in [6.45, 7) is 16.3. The summed E-state index contributed by atoms with van der Waals surface area (Å²) in [5, 5.41) is 8.66. The molecular formula is C33H54N2O3Si2. The van der Waals surface area contributed by atoms with Gasteiger partial charge in [-0.1, -0.05) is 77.3 Å². The third-order valence-corrected chi connectivity index (χ3v) is 13.3. The molecule has 0 saturated heterocycles. The lowest BCUT2D eigenvalue weighted by atomic mass is 10.0. The minimum absolute atomic E-state index is 0.292. The Bertz CT molecular complexity index is 1020. The van der Waals surface area contributed by atoms with Crippen molar-refractivity contribution in [2.45, 2.75) is 117 Å². The number of ether oxygens (including phenoxy) is 1. The molecule has 2 aromatic rings. The maximum atomic E-state index is 12.1. The Kier molecular flexibility index (Phi) is 15.1. The van der Waals surface area contributed by atoms with E-state index in [2.05, 4.69) is 68.9 Å². The van der Waals surface area contributed by atoms with Gasteiger partial charge in [-0.15, -0.1) is 0 Å². The molecule has 0 aliphatic heterocycles. The maximum Gasteiger partial charge on any atom is 0.338 e. The lowest BCUT2D eigenvalue weighted by Gasteiger charge is -2.31. The van der Waals surface area contributed by atoms with Crippen LogP contribution in [0.3, 0.4) is 0 Å². The molecule has 5 nitrogen and oxygen atoms in total. The van der Waals surface area contributed by atoms with Gasteiger partial charge in [-0.25, -0.2) is 4.79 Å². The highest BCUT2D eigenvalue weighted by atomic mass is 28.4. The predicted molar refractivity (Wildman–Crippen MR) is 174 cm³/mol. The molecular weight excluding hydrogens is 529 g/mol. The average Bonchev–Trinajstić information content (AvgIpc) is 2.91. The SMILES string of the molecule is CC[C@H](C)COC(=O)c1ccc(N=Nc2ccc(CCCCCCCCCC[Si](C)(C)O[Si](C)(C)C)cc2)cc1. The molecule has 0 bridgehead atoms. The fourth-order valence-corrected chi connectivity index (χ4v) is 12.9. The van der Waals surface area contributed by atoms with Crippen LogP contribution in [-0.4, -0.2) is 29.2 Å². The van der Waals surface area contributed by atoms with Crippen molar-refractivity contribution >= 4 is 34.0 Å². The van der Waals surface area contributed by atoms with E-state index in [1.54, 1.807) is 24.3 Å². The van der Waals surface area contributed by atoms with Gasteiger partial charge in [0.25, 0.3) is 0 Å². The number of hydrogen-bond donors (Lipinski definition) is 0. The number of hydrogen-bond acceptors (Lipinski definition) is 5. The molecule has 0 aliphatic rings. The predicted octanol–water partition coefficient (Wildman–Crippen LogP) is 11.0. The lowest BCUT2D eigenvalue weighted by molar-refractivity contribution is 0.0447. The number of unbranched alkanes of at least 4 members (excludes halogenated alkanes) is 7. The Labute approximate surface area is 246 Å². The van der Waals surface area contributed by atoms with Gasteiger partial charge < -0.3 is 8.85 Å². The third kappa shape index (κ3) is 15.1. The van der Waals surface area contributed by atoms with E-state index in [1.807, 2.05) is 12.1 Å². The Morgan fingerprint density at radius 1 is 0.750 bits per heavy atom. The van der Waals surface area contributed by atoms with Gasteiger partial charge in [-0.2, -0.15) is 10.2 Å². The molecule has 0 heterocycles. The fraction of sp³-hybridized carbons (Fsp3) is 0.606. The molecule has 2 rings (SSSR count). The van der Waals surface area contributed by atoms with Crippen molar-refractivity contribution in [2.75, 3.05) is 6.61 Å². The fourth-order valence-electron chi connectivity index (χ4n) is 4.75. The Morgan fingerprint density at radius 3 is 1.77 bits per heavy atom. The van der Waals surface area contributed by atoms with E-state index in [9.17, 15) is 4.79 Å². The zero-order valence-corrected chi connectivity index (χ0v) is 28.3. The summed E-state index contributed by atoms with van der Waals surface area (Å²) in [6.07, 6.45) is 12.7. The summed E-state index contributed by atoms with van der Waals surface area (Å²) in [5.74, 6) is 0.0765. The van der Waals surface area contributed by atoms with Gasteiger partial charge in [0.1, 0.15) is 0 Å². The molecule has 0 unspecified atom stereocenters. The van der Waals surface area contributed by atoms with Crippen molar-refractivity contribution in [1.29, 1.82) is 0 Å². The van der Waals surface area contributed by atoms with Gasteiger partial charge in [0.15, 0.2) is 16.6 Å². The number of azo groups is 1. The number of carbonyl (C=O) groups excluding carboxylic acids is 1. The Balaban J connectivity index is 1.58. The number of benzene rings is 2.